The third kappa shape index (κ3) is 3.22. The summed E-state index contributed by atoms with van der Waals surface area (Å²) >= 11 is 0. The average Bonchev–Trinajstić information content (AvgIpc) is 2.46. The maximum Gasteiger partial charge on any atom is 0.110 e. The van der Waals surface area contributed by atoms with Gasteiger partial charge in [0.1, 0.15) is 8.07 Å². The fraction of sp³-hybridized carbons (Fsp3) is 0.176. The van der Waals surface area contributed by atoms with Crippen molar-refractivity contribution in [2.45, 2.75) is 13.1 Å². The molecule has 2 aromatic carbocycles. The van der Waals surface area contributed by atoms with Crippen molar-refractivity contribution in [3.05, 3.63) is 71.4 Å². The van der Waals surface area contributed by atoms with Gasteiger partial charge in [0.15, 0.2) is 0 Å². The zero-order valence-corrected chi connectivity index (χ0v) is 12.5. The molecule has 0 fully saturated rings. The van der Waals surface area contributed by atoms with Crippen LogP contribution in [0.15, 0.2) is 65.9 Å². The predicted octanol–water partition coefficient (Wildman–Crippen LogP) is 3.22. The summed E-state index contributed by atoms with van der Waals surface area (Å²) < 4.78 is 0. The number of benzene rings is 2. The monoisotopic (exact) mass is 268 g/mol. The van der Waals surface area contributed by atoms with Gasteiger partial charge in [0.05, 0.1) is 6.61 Å². The summed E-state index contributed by atoms with van der Waals surface area (Å²) in [4.78, 5) is 0. The van der Waals surface area contributed by atoms with E-state index in [0.717, 1.165) is 10.8 Å². The van der Waals surface area contributed by atoms with Gasteiger partial charge in [0.2, 0.25) is 0 Å². The normalized spacial score (nSPS) is 12.5. The van der Waals surface area contributed by atoms with Crippen LogP contribution in [0.5, 0.6) is 0 Å². The van der Waals surface area contributed by atoms with Crippen molar-refractivity contribution in [1.29, 1.82) is 0 Å². The Balaban J connectivity index is 2.39. The summed E-state index contributed by atoms with van der Waals surface area (Å²) in [5.41, 5.74) is 1.16. The summed E-state index contributed by atoms with van der Waals surface area (Å²) in [5, 5.41) is 12.3. The van der Waals surface area contributed by atoms with E-state index in [4.69, 9.17) is 0 Å². The second kappa shape index (κ2) is 6.00. The van der Waals surface area contributed by atoms with E-state index >= 15 is 0 Å². The molecule has 0 radical (unpaired) electrons. The summed E-state index contributed by atoms with van der Waals surface area (Å²) in [6.45, 7) is 4.70. The first-order valence-electron chi connectivity index (χ1n) is 6.57. The predicted molar refractivity (Wildman–Crippen MR) is 85.1 cm³/mol. The van der Waals surface area contributed by atoms with Crippen LogP contribution in [0.2, 0.25) is 13.1 Å². The van der Waals surface area contributed by atoms with Crippen LogP contribution in [0, 0.1) is 0 Å². The summed E-state index contributed by atoms with van der Waals surface area (Å²) in [7, 11) is -1.78. The van der Waals surface area contributed by atoms with E-state index in [1.165, 1.54) is 5.19 Å². The Morgan fingerprint density at radius 3 is 2.00 bits per heavy atom. The summed E-state index contributed by atoms with van der Waals surface area (Å²) in [5.74, 6) is 0. The zero-order valence-electron chi connectivity index (χ0n) is 11.5. The molecule has 0 aliphatic rings. The van der Waals surface area contributed by atoms with Crippen LogP contribution in [-0.4, -0.2) is 19.8 Å². The number of hydrogen-bond donors (Lipinski definition) is 1. The van der Waals surface area contributed by atoms with Crippen molar-refractivity contribution in [3.63, 3.8) is 0 Å². The average molecular weight is 268 g/mol. The van der Waals surface area contributed by atoms with E-state index in [1.54, 1.807) is 0 Å². The highest BCUT2D eigenvalue weighted by Gasteiger charge is 2.27. The topological polar surface area (TPSA) is 20.2 Å². The lowest BCUT2D eigenvalue weighted by Gasteiger charge is -2.25. The van der Waals surface area contributed by atoms with E-state index in [0.29, 0.717) is 0 Å². The first-order chi connectivity index (χ1) is 9.14. The van der Waals surface area contributed by atoms with Gasteiger partial charge in [-0.2, -0.15) is 0 Å². The molecule has 0 heterocycles. The highest BCUT2D eigenvalue weighted by molar-refractivity contribution is 6.96. The molecule has 0 saturated carbocycles. The SMILES string of the molecule is C[Si](C)(/C(=C/c1ccccc1)CO)c1ccccc1. The first kappa shape index (κ1) is 13.8. The van der Waals surface area contributed by atoms with Crippen molar-refractivity contribution in [3.8, 4) is 0 Å². The molecule has 0 aliphatic carbocycles. The molecule has 1 N–H and O–H groups in total. The van der Waals surface area contributed by atoms with Crippen molar-refractivity contribution >= 4 is 19.3 Å². The van der Waals surface area contributed by atoms with Crippen LogP contribution < -0.4 is 5.19 Å². The molecule has 0 spiro atoms. The maximum absolute atomic E-state index is 9.75. The molecule has 0 aromatic heterocycles. The lowest BCUT2D eigenvalue weighted by Crippen LogP contribution is -2.44. The van der Waals surface area contributed by atoms with Gasteiger partial charge in [0.25, 0.3) is 0 Å². The van der Waals surface area contributed by atoms with Crippen LogP contribution in [0.4, 0.5) is 0 Å². The third-order valence-electron chi connectivity index (χ3n) is 3.61. The molecule has 0 aliphatic heterocycles. The number of aliphatic hydroxyl groups is 1. The molecule has 0 saturated heterocycles. The fourth-order valence-corrected chi connectivity index (χ4v) is 4.53. The van der Waals surface area contributed by atoms with Crippen molar-refractivity contribution in [2.24, 2.45) is 0 Å². The molecule has 0 atom stereocenters. The molecule has 2 aromatic rings. The third-order valence-corrected chi connectivity index (χ3v) is 7.29. The first-order valence-corrected chi connectivity index (χ1v) is 9.57. The zero-order chi connectivity index (χ0) is 13.7. The Morgan fingerprint density at radius 2 is 1.47 bits per heavy atom. The lowest BCUT2D eigenvalue weighted by molar-refractivity contribution is 0.338. The van der Waals surface area contributed by atoms with Gasteiger partial charge in [0, 0.05) is 0 Å². The molecule has 0 amide bonds. The van der Waals surface area contributed by atoms with Gasteiger partial charge in [-0.25, -0.2) is 0 Å². The Hall–Kier alpha value is -1.64. The van der Waals surface area contributed by atoms with Crippen LogP contribution in [0.25, 0.3) is 6.08 Å². The largest absolute Gasteiger partial charge is 0.392 e. The van der Waals surface area contributed by atoms with Gasteiger partial charge in [-0.1, -0.05) is 90.2 Å². The van der Waals surface area contributed by atoms with Crippen LogP contribution in [0.3, 0.4) is 0 Å². The second-order valence-electron chi connectivity index (χ2n) is 5.23. The highest BCUT2D eigenvalue weighted by atomic mass is 28.3. The molecule has 1 nitrogen and oxygen atoms in total. The molecule has 0 unspecified atom stereocenters. The van der Waals surface area contributed by atoms with Gasteiger partial charge >= 0.3 is 0 Å². The fourth-order valence-electron chi connectivity index (χ4n) is 2.21. The number of rotatable bonds is 4. The van der Waals surface area contributed by atoms with E-state index in [-0.39, 0.29) is 6.61 Å². The van der Waals surface area contributed by atoms with E-state index in [1.807, 2.05) is 24.3 Å². The number of aliphatic hydroxyl groups excluding tert-OH is 1. The Labute approximate surface area is 116 Å². The Morgan fingerprint density at radius 1 is 0.947 bits per heavy atom. The van der Waals surface area contributed by atoms with Gasteiger partial charge in [-0.3, -0.25) is 0 Å². The quantitative estimate of drug-likeness (QED) is 0.844. The molecular formula is C17H20OSi. The molecular weight excluding hydrogens is 248 g/mol. The summed E-state index contributed by atoms with van der Waals surface area (Å²) in [6.07, 6.45) is 2.14. The smallest absolute Gasteiger partial charge is 0.110 e. The Bertz CT molecular complexity index is 544. The molecule has 98 valence electrons. The van der Waals surface area contributed by atoms with E-state index in [9.17, 15) is 5.11 Å². The minimum atomic E-state index is -1.78. The van der Waals surface area contributed by atoms with Crippen LogP contribution in [0.1, 0.15) is 5.56 Å². The summed E-state index contributed by atoms with van der Waals surface area (Å²) in [6, 6.07) is 20.7. The van der Waals surface area contributed by atoms with Gasteiger partial charge in [-0.15, -0.1) is 0 Å². The van der Waals surface area contributed by atoms with Crippen molar-refractivity contribution in [2.75, 3.05) is 6.61 Å². The Kier molecular flexibility index (Phi) is 4.35. The van der Waals surface area contributed by atoms with Crippen molar-refractivity contribution < 1.29 is 5.11 Å². The molecule has 19 heavy (non-hydrogen) atoms. The minimum absolute atomic E-state index is 0.128. The molecule has 2 heteroatoms. The minimum Gasteiger partial charge on any atom is -0.392 e. The second-order valence-corrected chi connectivity index (χ2v) is 9.70. The van der Waals surface area contributed by atoms with Crippen LogP contribution >= 0.6 is 0 Å². The van der Waals surface area contributed by atoms with E-state index < -0.39 is 8.07 Å². The lowest BCUT2D eigenvalue weighted by atomic mass is 10.2. The standard InChI is InChI=1S/C17H20OSi/c1-19(2,16-11-7-4-8-12-16)17(14-18)13-15-9-5-3-6-10-15/h3-13,18H,14H2,1-2H3/b17-13+. The van der Waals surface area contributed by atoms with Gasteiger partial charge in [-0.05, 0) is 5.56 Å². The van der Waals surface area contributed by atoms with Crippen molar-refractivity contribution in [1.82, 2.24) is 0 Å². The molecule has 0 bridgehead atoms. The highest BCUT2D eigenvalue weighted by Crippen LogP contribution is 2.18. The van der Waals surface area contributed by atoms with E-state index in [2.05, 4.69) is 55.6 Å². The van der Waals surface area contributed by atoms with Gasteiger partial charge < -0.3 is 5.11 Å². The molecule has 2 rings (SSSR count). The maximum atomic E-state index is 9.75. The van der Waals surface area contributed by atoms with Crippen LogP contribution in [-0.2, 0) is 0 Å². The number of hydrogen-bond acceptors (Lipinski definition) is 1.